The molecule has 124 valence electrons. The van der Waals surface area contributed by atoms with E-state index in [1.54, 1.807) is 12.1 Å². The van der Waals surface area contributed by atoms with Gasteiger partial charge in [0.15, 0.2) is 0 Å². The number of carboxylic acid groups (broad SMARTS) is 1. The first kappa shape index (κ1) is 16.4. The van der Waals surface area contributed by atoms with Crippen molar-refractivity contribution in [2.45, 2.75) is 42.8 Å². The summed E-state index contributed by atoms with van der Waals surface area (Å²) in [4.78, 5) is 11.8. The number of hydrogen-bond donors (Lipinski definition) is 2. The summed E-state index contributed by atoms with van der Waals surface area (Å²) in [6.45, 7) is 1.88. The third-order valence-electron chi connectivity index (χ3n) is 4.38. The zero-order chi connectivity index (χ0) is 16.6. The monoisotopic (exact) mass is 353 g/mol. The molecule has 1 aromatic carbocycles. The number of hydrogen-bond acceptors (Lipinski definition) is 4. The number of sulfonamides is 1. The first-order valence-corrected chi connectivity index (χ1v) is 9.98. The van der Waals surface area contributed by atoms with E-state index in [2.05, 4.69) is 4.72 Å². The van der Waals surface area contributed by atoms with Crippen LogP contribution in [0.1, 0.15) is 31.2 Å². The van der Waals surface area contributed by atoms with Gasteiger partial charge in [-0.3, -0.25) is 4.72 Å². The fourth-order valence-corrected chi connectivity index (χ4v) is 6.06. The highest BCUT2D eigenvalue weighted by Crippen LogP contribution is 2.48. The lowest BCUT2D eigenvalue weighted by molar-refractivity contribution is -0.133. The van der Waals surface area contributed by atoms with Gasteiger partial charge < -0.3 is 5.11 Å². The fraction of sp³-hybridized carbons (Fsp3) is 0.438. The number of benzene rings is 1. The predicted molar refractivity (Wildman–Crippen MR) is 89.5 cm³/mol. The van der Waals surface area contributed by atoms with E-state index in [1.165, 1.54) is 23.9 Å². The minimum absolute atomic E-state index is 0.0537. The Kier molecular flexibility index (Phi) is 4.42. The SMILES string of the molecule is Cc1ccc(S(=O)(=O)NC2=C(C(=O)O)C3CCCCC3S2)cc1. The zero-order valence-electron chi connectivity index (χ0n) is 12.8. The fourth-order valence-electron chi connectivity index (χ4n) is 3.18. The molecule has 1 heterocycles. The van der Waals surface area contributed by atoms with Crippen LogP contribution in [0.3, 0.4) is 0 Å². The first-order valence-electron chi connectivity index (χ1n) is 7.62. The van der Waals surface area contributed by atoms with E-state index in [-0.39, 0.29) is 26.7 Å². The third kappa shape index (κ3) is 3.26. The van der Waals surface area contributed by atoms with Gasteiger partial charge in [-0.2, -0.15) is 0 Å². The minimum atomic E-state index is -3.76. The van der Waals surface area contributed by atoms with Crippen LogP contribution in [0.2, 0.25) is 0 Å². The Labute approximate surface area is 140 Å². The van der Waals surface area contributed by atoms with E-state index in [4.69, 9.17) is 0 Å². The summed E-state index contributed by atoms with van der Waals surface area (Å²) in [6.07, 6.45) is 3.81. The van der Waals surface area contributed by atoms with Gasteiger partial charge in [0, 0.05) is 11.2 Å². The molecule has 2 aliphatic rings. The van der Waals surface area contributed by atoms with Crippen molar-refractivity contribution in [1.29, 1.82) is 0 Å². The second-order valence-electron chi connectivity index (χ2n) is 6.01. The number of thioether (sulfide) groups is 1. The Morgan fingerprint density at radius 3 is 2.52 bits per heavy atom. The van der Waals surface area contributed by atoms with Gasteiger partial charge in [0.2, 0.25) is 0 Å². The van der Waals surface area contributed by atoms with Crippen LogP contribution in [0.25, 0.3) is 0 Å². The van der Waals surface area contributed by atoms with E-state index < -0.39 is 16.0 Å². The number of fused-ring (bicyclic) bond motifs is 1. The van der Waals surface area contributed by atoms with E-state index in [9.17, 15) is 18.3 Å². The number of nitrogens with one attached hydrogen (secondary N) is 1. The van der Waals surface area contributed by atoms with Gasteiger partial charge in [0.25, 0.3) is 10.0 Å². The van der Waals surface area contributed by atoms with Crippen molar-refractivity contribution < 1.29 is 18.3 Å². The van der Waals surface area contributed by atoms with Crippen LogP contribution in [-0.2, 0) is 14.8 Å². The van der Waals surface area contributed by atoms with Crippen molar-refractivity contribution in [3.63, 3.8) is 0 Å². The Bertz CT molecular complexity index is 753. The molecular formula is C16H19NO4S2. The Balaban J connectivity index is 1.91. The number of carboxylic acids is 1. The molecule has 1 aliphatic carbocycles. The van der Waals surface area contributed by atoms with Gasteiger partial charge in [-0.15, -0.1) is 11.8 Å². The van der Waals surface area contributed by atoms with Crippen LogP contribution in [-0.4, -0.2) is 24.7 Å². The molecule has 3 rings (SSSR count). The van der Waals surface area contributed by atoms with Crippen LogP contribution in [0.4, 0.5) is 0 Å². The summed E-state index contributed by atoms with van der Waals surface area (Å²) < 4.78 is 27.6. The molecular weight excluding hydrogens is 334 g/mol. The van der Waals surface area contributed by atoms with Crippen molar-refractivity contribution in [3.05, 3.63) is 40.4 Å². The average molecular weight is 353 g/mol. The molecule has 2 unspecified atom stereocenters. The van der Waals surface area contributed by atoms with Crippen molar-refractivity contribution in [2.24, 2.45) is 5.92 Å². The van der Waals surface area contributed by atoms with Crippen LogP contribution >= 0.6 is 11.8 Å². The molecule has 23 heavy (non-hydrogen) atoms. The largest absolute Gasteiger partial charge is 0.478 e. The molecule has 2 N–H and O–H groups in total. The minimum Gasteiger partial charge on any atom is -0.478 e. The van der Waals surface area contributed by atoms with Crippen LogP contribution in [0, 0.1) is 12.8 Å². The summed E-state index contributed by atoms with van der Waals surface area (Å²) in [6, 6.07) is 6.52. The van der Waals surface area contributed by atoms with Crippen molar-refractivity contribution in [2.75, 3.05) is 0 Å². The molecule has 0 saturated heterocycles. The molecule has 1 fully saturated rings. The van der Waals surface area contributed by atoms with Gasteiger partial charge in [-0.25, -0.2) is 13.2 Å². The molecule has 1 aromatic rings. The highest BCUT2D eigenvalue weighted by atomic mass is 32.2. The highest BCUT2D eigenvalue weighted by Gasteiger charge is 2.41. The quantitative estimate of drug-likeness (QED) is 0.869. The van der Waals surface area contributed by atoms with E-state index in [1.807, 2.05) is 6.92 Å². The maximum atomic E-state index is 12.5. The van der Waals surface area contributed by atoms with Crippen LogP contribution in [0.5, 0.6) is 0 Å². The number of rotatable bonds is 4. The normalized spacial score (nSPS) is 24.4. The summed E-state index contributed by atoms with van der Waals surface area (Å²) in [7, 11) is -3.76. The van der Waals surface area contributed by atoms with Gasteiger partial charge in [-0.05, 0) is 31.9 Å². The molecule has 1 saturated carbocycles. The summed E-state index contributed by atoms with van der Waals surface area (Å²) >= 11 is 1.36. The molecule has 1 aliphatic heterocycles. The van der Waals surface area contributed by atoms with E-state index in [0.717, 1.165) is 31.2 Å². The smallest absolute Gasteiger partial charge is 0.334 e. The maximum absolute atomic E-state index is 12.5. The molecule has 7 heteroatoms. The van der Waals surface area contributed by atoms with Gasteiger partial charge >= 0.3 is 5.97 Å². The lowest BCUT2D eigenvalue weighted by Crippen LogP contribution is -2.25. The summed E-state index contributed by atoms with van der Waals surface area (Å²) in [5.41, 5.74) is 1.20. The molecule has 0 bridgehead atoms. The highest BCUT2D eigenvalue weighted by molar-refractivity contribution is 8.04. The van der Waals surface area contributed by atoms with Crippen molar-refractivity contribution in [1.82, 2.24) is 4.72 Å². The standard InChI is InChI=1S/C16H19NO4S2/c1-10-6-8-11(9-7-10)23(20,21)17-15-14(16(18)19)12-4-2-3-5-13(12)22-15/h6-9,12-13,17H,2-5H2,1H3,(H,18,19). The van der Waals surface area contributed by atoms with E-state index in [0.29, 0.717) is 0 Å². The lowest BCUT2D eigenvalue weighted by atomic mass is 9.84. The van der Waals surface area contributed by atoms with E-state index >= 15 is 0 Å². The van der Waals surface area contributed by atoms with Gasteiger partial charge in [-0.1, -0.05) is 30.5 Å². The molecule has 0 spiro atoms. The van der Waals surface area contributed by atoms with Gasteiger partial charge in [0.05, 0.1) is 15.5 Å². The number of carbonyl (C=O) groups is 1. The average Bonchev–Trinajstić information content (AvgIpc) is 2.84. The molecule has 0 radical (unpaired) electrons. The summed E-state index contributed by atoms with van der Waals surface area (Å²) in [5, 5.41) is 9.98. The molecule has 0 aromatic heterocycles. The second kappa shape index (κ2) is 6.20. The number of aryl methyl sites for hydroxylation is 1. The lowest BCUT2D eigenvalue weighted by Gasteiger charge is -2.24. The third-order valence-corrected chi connectivity index (χ3v) is 7.30. The maximum Gasteiger partial charge on any atom is 0.334 e. The van der Waals surface area contributed by atoms with Crippen molar-refractivity contribution >= 4 is 27.8 Å². The molecule has 5 nitrogen and oxygen atoms in total. The van der Waals surface area contributed by atoms with Crippen LogP contribution < -0.4 is 4.72 Å². The Hall–Kier alpha value is -1.47. The Morgan fingerprint density at radius 2 is 1.87 bits per heavy atom. The zero-order valence-corrected chi connectivity index (χ0v) is 14.4. The first-order chi connectivity index (χ1) is 10.9. The summed E-state index contributed by atoms with van der Waals surface area (Å²) in [5.74, 6) is -1.07. The molecule has 2 atom stereocenters. The Morgan fingerprint density at radius 1 is 1.22 bits per heavy atom. The van der Waals surface area contributed by atoms with Crippen molar-refractivity contribution in [3.8, 4) is 0 Å². The second-order valence-corrected chi connectivity index (χ2v) is 8.95. The topological polar surface area (TPSA) is 83.5 Å². The molecule has 0 amide bonds. The van der Waals surface area contributed by atoms with Gasteiger partial charge in [0.1, 0.15) is 0 Å². The number of aliphatic carboxylic acids is 1. The van der Waals surface area contributed by atoms with Crippen LogP contribution in [0.15, 0.2) is 39.8 Å². The predicted octanol–water partition coefficient (Wildman–Crippen LogP) is 2.88.